The quantitative estimate of drug-likeness (QED) is 0.897. The Morgan fingerprint density at radius 2 is 1.88 bits per heavy atom. The molecule has 92 valence electrons. The van der Waals surface area contributed by atoms with Crippen LogP contribution in [-0.2, 0) is 0 Å². The molecule has 0 amide bonds. The molecule has 0 radical (unpaired) electrons. The van der Waals surface area contributed by atoms with Crippen LogP contribution >= 0.6 is 23.4 Å². The number of halogens is 1. The lowest BCUT2D eigenvalue weighted by molar-refractivity contribution is 0.271. The van der Waals surface area contributed by atoms with E-state index in [-0.39, 0.29) is 0 Å². The molecule has 1 nitrogen and oxygen atoms in total. The molecule has 1 heterocycles. The lowest BCUT2D eigenvalue weighted by atomic mass is 9.75. The summed E-state index contributed by atoms with van der Waals surface area (Å²) in [5, 5.41) is 4.62. The topological polar surface area (TPSA) is 12.0 Å². The first kappa shape index (κ1) is 11.9. The van der Waals surface area contributed by atoms with Crippen molar-refractivity contribution in [2.45, 2.75) is 37.3 Å². The minimum absolute atomic E-state index is 0.749. The molecular weight excluding hydrogens is 250 g/mol. The summed E-state index contributed by atoms with van der Waals surface area (Å²) in [4.78, 5) is 0. The van der Waals surface area contributed by atoms with Gasteiger partial charge in [-0.2, -0.15) is 11.8 Å². The van der Waals surface area contributed by atoms with Gasteiger partial charge in [0.1, 0.15) is 0 Å². The Bertz CT molecular complexity index is 366. The summed E-state index contributed by atoms with van der Waals surface area (Å²) in [5.41, 5.74) is 1.45. The Labute approximate surface area is 112 Å². The molecule has 0 bridgehead atoms. The summed E-state index contributed by atoms with van der Waals surface area (Å²) in [5.74, 6) is 3.39. The van der Waals surface area contributed by atoms with E-state index in [1.807, 2.05) is 12.1 Å². The van der Waals surface area contributed by atoms with E-state index in [1.54, 1.807) is 0 Å². The molecule has 1 aromatic carbocycles. The Balaban J connectivity index is 1.49. The molecule has 1 aromatic rings. The third-order valence-corrected chi connectivity index (χ3v) is 5.29. The molecule has 0 aromatic heterocycles. The highest BCUT2D eigenvalue weighted by Crippen LogP contribution is 2.38. The van der Waals surface area contributed by atoms with Crippen molar-refractivity contribution < 1.29 is 0 Å². The van der Waals surface area contributed by atoms with Crippen molar-refractivity contribution in [1.82, 2.24) is 5.32 Å². The van der Waals surface area contributed by atoms with Gasteiger partial charge in [-0.25, -0.2) is 0 Å². The van der Waals surface area contributed by atoms with Crippen LogP contribution in [-0.4, -0.2) is 23.6 Å². The van der Waals surface area contributed by atoms with E-state index in [0.29, 0.717) is 0 Å². The van der Waals surface area contributed by atoms with Crippen molar-refractivity contribution in [3.63, 3.8) is 0 Å². The maximum atomic E-state index is 5.90. The maximum absolute atomic E-state index is 5.90. The fraction of sp³-hybridized carbons (Fsp3) is 0.571. The Kier molecular flexibility index (Phi) is 3.64. The van der Waals surface area contributed by atoms with E-state index in [0.717, 1.165) is 23.0 Å². The van der Waals surface area contributed by atoms with E-state index >= 15 is 0 Å². The first-order chi connectivity index (χ1) is 8.31. The second-order valence-electron chi connectivity index (χ2n) is 5.14. The molecule has 1 atom stereocenters. The van der Waals surface area contributed by atoms with Crippen molar-refractivity contribution in [2.24, 2.45) is 0 Å². The number of benzene rings is 1. The van der Waals surface area contributed by atoms with Gasteiger partial charge in [0.25, 0.3) is 0 Å². The monoisotopic (exact) mass is 267 g/mol. The van der Waals surface area contributed by atoms with Gasteiger partial charge in [-0.1, -0.05) is 23.7 Å². The molecule has 1 aliphatic carbocycles. The van der Waals surface area contributed by atoms with Crippen molar-refractivity contribution in [3.05, 3.63) is 34.9 Å². The molecule has 17 heavy (non-hydrogen) atoms. The zero-order valence-corrected chi connectivity index (χ0v) is 11.4. The van der Waals surface area contributed by atoms with Crippen LogP contribution in [0.3, 0.4) is 0 Å². The fourth-order valence-electron chi connectivity index (χ4n) is 2.76. The first-order valence-electron chi connectivity index (χ1n) is 6.40. The van der Waals surface area contributed by atoms with Crippen LogP contribution in [0, 0.1) is 0 Å². The molecule has 0 spiro atoms. The van der Waals surface area contributed by atoms with Crippen LogP contribution in [0.5, 0.6) is 0 Å². The van der Waals surface area contributed by atoms with E-state index in [1.165, 1.54) is 36.3 Å². The van der Waals surface area contributed by atoms with Gasteiger partial charge in [0, 0.05) is 22.9 Å². The smallest absolute Gasteiger partial charge is 0.0406 e. The van der Waals surface area contributed by atoms with Crippen LogP contribution in [0.15, 0.2) is 24.3 Å². The second-order valence-corrected chi connectivity index (χ2v) is 6.73. The second kappa shape index (κ2) is 5.21. The Morgan fingerprint density at radius 3 is 2.53 bits per heavy atom. The lowest BCUT2D eigenvalue weighted by Crippen LogP contribution is -2.45. The van der Waals surface area contributed by atoms with Gasteiger partial charge in [-0.15, -0.1) is 0 Å². The molecule has 1 aliphatic heterocycles. The highest BCUT2D eigenvalue weighted by atomic mass is 35.5. The van der Waals surface area contributed by atoms with E-state index < -0.39 is 0 Å². The third-order valence-electron chi connectivity index (χ3n) is 3.88. The zero-order valence-electron chi connectivity index (χ0n) is 9.86. The van der Waals surface area contributed by atoms with Crippen LogP contribution in [0.4, 0.5) is 0 Å². The number of rotatable bonds is 3. The molecule has 1 saturated carbocycles. The average Bonchev–Trinajstić information content (AvgIpc) is 2.77. The predicted octanol–water partition coefficient (Wildman–Crippen LogP) is 3.68. The third kappa shape index (κ3) is 2.81. The van der Waals surface area contributed by atoms with Gasteiger partial charge in [0.2, 0.25) is 0 Å². The van der Waals surface area contributed by atoms with Crippen LogP contribution in [0.2, 0.25) is 5.02 Å². The zero-order chi connectivity index (χ0) is 11.7. The summed E-state index contributed by atoms with van der Waals surface area (Å²) < 4.78 is 0. The normalized spacial score (nSPS) is 32.4. The standard InChI is InChI=1S/C14H18ClNS/c15-12-3-1-10(2-4-12)11-7-14(8-11)16-13-5-6-17-9-13/h1-4,11,13-14,16H,5-9H2. The van der Waals surface area contributed by atoms with Gasteiger partial charge in [0.05, 0.1) is 0 Å². The van der Waals surface area contributed by atoms with Crippen LogP contribution < -0.4 is 5.32 Å². The average molecular weight is 268 g/mol. The Hall–Kier alpha value is -0.180. The van der Waals surface area contributed by atoms with Crippen LogP contribution in [0.25, 0.3) is 0 Å². The molecule has 3 rings (SSSR count). The summed E-state index contributed by atoms with van der Waals surface area (Å²) >= 11 is 7.99. The number of nitrogens with one attached hydrogen (secondary N) is 1. The number of thioether (sulfide) groups is 1. The summed E-state index contributed by atoms with van der Waals surface area (Å²) in [6, 6.07) is 9.88. The molecular formula is C14H18ClNS. The minimum atomic E-state index is 0.749. The van der Waals surface area contributed by atoms with Gasteiger partial charge >= 0.3 is 0 Å². The number of hydrogen-bond acceptors (Lipinski definition) is 2. The first-order valence-corrected chi connectivity index (χ1v) is 7.94. The largest absolute Gasteiger partial charge is 0.310 e. The van der Waals surface area contributed by atoms with Crippen LogP contribution in [0.1, 0.15) is 30.7 Å². The van der Waals surface area contributed by atoms with Gasteiger partial charge in [-0.3, -0.25) is 0 Å². The molecule has 1 saturated heterocycles. The van der Waals surface area contributed by atoms with E-state index in [9.17, 15) is 0 Å². The van der Waals surface area contributed by atoms with Crippen molar-refractivity contribution in [2.75, 3.05) is 11.5 Å². The highest BCUT2D eigenvalue weighted by Gasteiger charge is 2.32. The van der Waals surface area contributed by atoms with Gasteiger partial charge in [0.15, 0.2) is 0 Å². The van der Waals surface area contributed by atoms with E-state index in [2.05, 4.69) is 29.2 Å². The predicted molar refractivity (Wildman–Crippen MR) is 76.1 cm³/mol. The molecule has 1 unspecified atom stereocenters. The van der Waals surface area contributed by atoms with Gasteiger partial charge in [-0.05, 0) is 48.6 Å². The maximum Gasteiger partial charge on any atom is 0.0406 e. The van der Waals surface area contributed by atoms with E-state index in [4.69, 9.17) is 11.6 Å². The lowest BCUT2D eigenvalue weighted by Gasteiger charge is -2.38. The minimum Gasteiger partial charge on any atom is -0.310 e. The van der Waals surface area contributed by atoms with Crippen molar-refractivity contribution in [1.29, 1.82) is 0 Å². The van der Waals surface area contributed by atoms with Crippen molar-refractivity contribution in [3.8, 4) is 0 Å². The molecule has 2 fully saturated rings. The highest BCUT2D eigenvalue weighted by molar-refractivity contribution is 7.99. The summed E-state index contributed by atoms with van der Waals surface area (Å²) in [6.07, 6.45) is 3.94. The molecule has 3 heteroatoms. The summed E-state index contributed by atoms with van der Waals surface area (Å²) in [7, 11) is 0. The SMILES string of the molecule is Clc1ccc(C2CC(NC3CCSC3)C2)cc1. The summed E-state index contributed by atoms with van der Waals surface area (Å²) in [6.45, 7) is 0. The Morgan fingerprint density at radius 1 is 1.12 bits per heavy atom. The van der Waals surface area contributed by atoms with Gasteiger partial charge < -0.3 is 5.32 Å². The van der Waals surface area contributed by atoms with Crippen molar-refractivity contribution >= 4 is 23.4 Å². The molecule has 1 N–H and O–H groups in total. The fourth-order valence-corrected chi connectivity index (χ4v) is 4.05. The number of hydrogen-bond donors (Lipinski definition) is 1. The molecule has 2 aliphatic rings.